The van der Waals surface area contributed by atoms with Gasteiger partial charge in [0.15, 0.2) is 0 Å². The van der Waals surface area contributed by atoms with Gasteiger partial charge >= 0.3 is 5.97 Å². The molecule has 1 aliphatic carbocycles. The second-order valence-electron chi connectivity index (χ2n) is 7.18. The topological polar surface area (TPSA) is 63.7 Å². The molecule has 0 radical (unpaired) electrons. The van der Waals surface area contributed by atoms with E-state index in [-0.39, 0.29) is 12.1 Å². The van der Waals surface area contributed by atoms with E-state index in [9.17, 15) is 4.79 Å². The van der Waals surface area contributed by atoms with Crippen LogP contribution in [0, 0.1) is 0 Å². The first-order chi connectivity index (χ1) is 12.8. The summed E-state index contributed by atoms with van der Waals surface area (Å²) in [6.45, 7) is 5.77. The zero-order valence-electron chi connectivity index (χ0n) is 15.6. The van der Waals surface area contributed by atoms with Crippen molar-refractivity contribution in [2.24, 2.45) is 0 Å². The van der Waals surface area contributed by atoms with Crippen LogP contribution in [0.2, 0.25) is 0 Å². The summed E-state index contributed by atoms with van der Waals surface area (Å²) in [5.74, 6) is 0.518. The summed E-state index contributed by atoms with van der Waals surface area (Å²) in [6, 6.07) is 3.53. The maximum Gasteiger partial charge on any atom is 0.338 e. The van der Waals surface area contributed by atoms with E-state index in [0.29, 0.717) is 5.56 Å². The highest BCUT2D eigenvalue weighted by molar-refractivity contribution is 5.90. The van der Waals surface area contributed by atoms with Gasteiger partial charge in [-0.2, -0.15) is 0 Å². The second-order valence-corrected chi connectivity index (χ2v) is 7.18. The number of aromatic nitrogens is 1. The third-order valence-corrected chi connectivity index (χ3v) is 5.13. The van der Waals surface area contributed by atoms with Gasteiger partial charge in [-0.25, -0.2) is 9.78 Å². The van der Waals surface area contributed by atoms with Gasteiger partial charge in [0.05, 0.1) is 18.8 Å². The number of ether oxygens (including phenoxy) is 2. The molecule has 1 saturated heterocycles. The number of hydrogen-bond donors (Lipinski definition) is 1. The van der Waals surface area contributed by atoms with Gasteiger partial charge in [0.2, 0.25) is 0 Å². The molecular formula is C20H31N3O3. The molecule has 1 aromatic rings. The van der Waals surface area contributed by atoms with Gasteiger partial charge in [-0.1, -0.05) is 6.42 Å². The Hall–Kier alpha value is -1.66. The predicted molar refractivity (Wildman–Crippen MR) is 102 cm³/mol. The average Bonchev–Trinajstić information content (AvgIpc) is 2.69. The fraction of sp³-hybridized carbons (Fsp3) is 0.700. The summed E-state index contributed by atoms with van der Waals surface area (Å²) in [5, 5.41) is 3.32. The molecule has 2 fully saturated rings. The molecule has 6 heteroatoms. The number of morpholine rings is 1. The normalized spacial score (nSPS) is 19.2. The molecule has 0 spiro atoms. The Kier molecular flexibility index (Phi) is 7.70. The molecule has 6 nitrogen and oxygen atoms in total. The van der Waals surface area contributed by atoms with Gasteiger partial charge in [-0.3, -0.25) is 4.90 Å². The first kappa shape index (κ1) is 19.1. The third-order valence-electron chi connectivity index (χ3n) is 5.13. The quantitative estimate of drug-likeness (QED) is 0.567. The van der Waals surface area contributed by atoms with Crippen LogP contribution in [0.5, 0.6) is 0 Å². The Balaban J connectivity index is 1.37. The molecule has 0 aromatic carbocycles. The van der Waals surface area contributed by atoms with Crippen LogP contribution in [0.25, 0.3) is 0 Å². The van der Waals surface area contributed by atoms with Crippen molar-refractivity contribution in [2.45, 2.75) is 51.0 Å². The van der Waals surface area contributed by atoms with Crippen LogP contribution in [0.3, 0.4) is 0 Å². The Labute approximate surface area is 156 Å². The van der Waals surface area contributed by atoms with Gasteiger partial charge in [-0.05, 0) is 57.2 Å². The van der Waals surface area contributed by atoms with E-state index in [0.717, 1.165) is 83.7 Å². The molecule has 26 heavy (non-hydrogen) atoms. The van der Waals surface area contributed by atoms with Crippen LogP contribution in [0.4, 0.5) is 5.82 Å². The van der Waals surface area contributed by atoms with Gasteiger partial charge in [0.1, 0.15) is 11.9 Å². The molecule has 2 heterocycles. The van der Waals surface area contributed by atoms with Crippen molar-refractivity contribution in [1.29, 1.82) is 0 Å². The molecule has 3 rings (SSSR count). The van der Waals surface area contributed by atoms with Crippen LogP contribution < -0.4 is 5.32 Å². The molecule has 1 N–H and O–H groups in total. The molecule has 1 aromatic heterocycles. The minimum absolute atomic E-state index is 0.0843. The highest BCUT2D eigenvalue weighted by atomic mass is 16.5. The van der Waals surface area contributed by atoms with Crippen molar-refractivity contribution in [3.63, 3.8) is 0 Å². The van der Waals surface area contributed by atoms with Gasteiger partial charge in [0, 0.05) is 25.8 Å². The second kappa shape index (κ2) is 10.5. The van der Waals surface area contributed by atoms with Crippen LogP contribution in [-0.4, -0.2) is 61.3 Å². The number of pyridine rings is 1. The van der Waals surface area contributed by atoms with E-state index in [1.54, 1.807) is 18.3 Å². The summed E-state index contributed by atoms with van der Waals surface area (Å²) in [4.78, 5) is 19.1. The maximum atomic E-state index is 12.3. The molecule has 0 atom stereocenters. The summed E-state index contributed by atoms with van der Waals surface area (Å²) in [6.07, 6.45) is 9.54. The van der Waals surface area contributed by atoms with Gasteiger partial charge in [0.25, 0.3) is 0 Å². The van der Waals surface area contributed by atoms with E-state index in [1.165, 1.54) is 6.42 Å². The SMILES string of the molecule is O=C(OC1CCCCC1)c1ccnc(NCCCCN2CCOCC2)c1. The van der Waals surface area contributed by atoms with Crippen LogP contribution in [0.15, 0.2) is 18.3 Å². The Morgan fingerprint density at radius 3 is 2.85 bits per heavy atom. The number of carbonyl (C=O) groups is 1. The van der Waals surface area contributed by atoms with E-state index in [1.807, 2.05) is 0 Å². The molecule has 1 saturated carbocycles. The van der Waals surface area contributed by atoms with E-state index < -0.39 is 0 Å². The first-order valence-corrected chi connectivity index (χ1v) is 10.0. The number of nitrogens with one attached hydrogen (secondary N) is 1. The molecule has 0 amide bonds. The van der Waals surface area contributed by atoms with Crippen LogP contribution in [-0.2, 0) is 9.47 Å². The standard InChI is InChI=1S/C20H31N3O3/c24-20(26-18-6-2-1-3-7-18)17-8-10-22-19(16-17)21-9-4-5-11-23-12-14-25-15-13-23/h8,10,16,18H,1-7,9,11-15H2,(H,21,22). The molecule has 1 aliphatic heterocycles. The number of hydrogen-bond acceptors (Lipinski definition) is 6. The lowest BCUT2D eigenvalue weighted by atomic mass is 9.98. The predicted octanol–water partition coefficient (Wildman–Crippen LogP) is 3.10. The Morgan fingerprint density at radius 1 is 1.23 bits per heavy atom. The third kappa shape index (κ3) is 6.25. The summed E-state index contributed by atoms with van der Waals surface area (Å²) in [7, 11) is 0. The fourth-order valence-corrected chi connectivity index (χ4v) is 3.56. The van der Waals surface area contributed by atoms with Crippen LogP contribution >= 0.6 is 0 Å². The lowest BCUT2D eigenvalue weighted by Gasteiger charge is -2.26. The molecule has 144 valence electrons. The van der Waals surface area contributed by atoms with Crippen molar-refractivity contribution < 1.29 is 14.3 Å². The lowest BCUT2D eigenvalue weighted by molar-refractivity contribution is 0.0211. The monoisotopic (exact) mass is 361 g/mol. The highest BCUT2D eigenvalue weighted by Crippen LogP contribution is 2.21. The zero-order chi connectivity index (χ0) is 18.0. The Morgan fingerprint density at radius 2 is 2.04 bits per heavy atom. The zero-order valence-corrected chi connectivity index (χ0v) is 15.6. The summed E-state index contributed by atoms with van der Waals surface area (Å²) < 4.78 is 11.0. The molecule has 2 aliphatic rings. The van der Waals surface area contributed by atoms with Crippen molar-refractivity contribution in [2.75, 3.05) is 44.7 Å². The molecular weight excluding hydrogens is 330 g/mol. The highest BCUT2D eigenvalue weighted by Gasteiger charge is 2.19. The van der Waals surface area contributed by atoms with Crippen molar-refractivity contribution >= 4 is 11.8 Å². The number of esters is 1. The first-order valence-electron chi connectivity index (χ1n) is 10.0. The summed E-state index contributed by atoms with van der Waals surface area (Å²) >= 11 is 0. The average molecular weight is 361 g/mol. The smallest absolute Gasteiger partial charge is 0.338 e. The number of rotatable bonds is 8. The minimum atomic E-state index is -0.227. The number of unbranched alkanes of at least 4 members (excludes halogenated alkanes) is 1. The van der Waals surface area contributed by atoms with Crippen molar-refractivity contribution in [3.8, 4) is 0 Å². The minimum Gasteiger partial charge on any atom is -0.459 e. The summed E-state index contributed by atoms with van der Waals surface area (Å²) in [5.41, 5.74) is 0.585. The van der Waals surface area contributed by atoms with Gasteiger partial charge < -0.3 is 14.8 Å². The molecule has 0 unspecified atom stereocenters. The maximum absolute atomic E-state index is 12.3. The number of carbonyl (C=O) groups excluding carboxylic acids is 1. The molecule has 0 bridgehead atoms. The number of anilines is 1. The van der Waals surface area contributed by atoms with E-state index in [4.69, 9.17) is 9.47 Å². The Bertz CT molecular complexity index is 555. The number of nitrogens with zero attached hydrogens (tertiary/aromatic N) is 2. The van der Waals surface area contributed by atoms with E-state index >= 15 is 0 Å². The van der Waals surface area contributed by atoms with Crippen LogP contribution in [0.1, 0.15) is 55.3 Å². The largest absolute Gasteiger partial charge is 0.459 e. The van der Waals surface area contributed by atoms with Crippen molar-refractivity contribution in [3.05, 3.63) is 23.9 Å². The van der Waals surface area contributed by atoms with Crippen molar-refractivity contribution in [1.82, 2.24) is 9.88 Å². The lowest BCUT2D eigenvalue weighted by Crippen LogP contribution is -2.36. The fourth-order valence-electron chi connectivity index (χ4n) is 3.56. The van der Waals surface area contributed by atoms with E-state index in [2.05, 4.69) is 15.2 Å². The van der Waals surface area contributed by atoms with Gasteiger partial charge in [-0.15, -0.1) is 0 Å².